The van der Waals surface area contributed by atoms with Crippen LogP contribution in [0.5, 0.6) is 5.75 Å². The van der Waals surface area contributed by atoms with Crippen LogP contribution in [0, 0.1) is 0 Å². The first-order valence-electron chi connectivity index (χ1n) is 7.21. The molecule has 2 heterocycles. The fraction of sp³-hybridized carbons (Fsp3) is 0.467. The second kappa shape index (κ2) is 6.24. The fourth-order valence-corrected chi connectivity index (χ4v) is 2.65. The molecule has 2 aromatic rings. The van der Waals surface area contributed by atoms with Gasteiger partial charge >= 0.3 is 0 Å². The number of nitrogens with zero attached hydrogens (tertiary/aromatic N) is 3. The average molecular weight is 288 g/mol. The molecule has 0 spiro atoms. The highest BCUT2D eigenvalue weighted by Crippen LogP contribution is 2.26. The zero-order chi connectivity index (χ0) is 14.7. The minimum absolute atomic E-state index is 0.447. The molecule has 6 nitrogen and oxygen atoms in total. The number of benzene rings is 1. The largest absolute Gasteiger partial charge is 0.496 e. The summed E-state index contributed by atoms with van der Waals surface area (Å²) in [5.41, 5.74) is 7.09. The number of rotatable bonds is 5. The summed E-state index contributed by atoms with van der Waals surface area (Å²) in [6.07, 6.45) is 2.48. The molecule has 21 heavy (non-hydrogen) atoms. The smallest absolute Gasteiger partial charge is 0.240 e. The van der Waals surface area contributed by atoms with Crippen molar-refractivity contribution in [1.82, 2.24) is 15.0 Å². The maximum Gasteiger partial charge on any atom is 0.240 e. The highest BCUT2D eigenvalue weighted by atomic mass is 16.5. The Morgan fingerprint density at radius 2 is 2.10 bits per heavy atom. The van der Waals surface area contributed by atoms with Crippen molar-refractivity contribution in [3.63, 3.8) is 0 Å². The molecule has 0 saturated carbocycles. The van der Waals surface area contributed by atoms with Crippen molar-refractivity contribution in [3.8, 4) is 5.75 Å². The van der Waals surface area contributed by atoms with Gasteiger partial charge in [-0.2, -0.15) is 4.98 Å². The number of hydrogen-bond acceptors (Lipinski definition) is 6. The molecule has 0 amide bonds. The first-order valence-corrected chi connectivity index (χ1v) is 7.21. The van der Waals surface area contributed by atoms with Crippen LogP contribution in [-0.2, 0) is 6.54 Å². The van der Waals surface area contributed by atoms with Gasteiger partial charge in [0, 0.05) is 5.56 Å². The lowest BCUT2D eigenvalue weighted by Gasteiger charge is -2.12. The molecule has 2 N–H and O–H groups in total. The third kappa shape index (κ3) is 3.06. The normalized spacial score (nSPS) is 17.0. The maximum absolute atomic E-state index is 6.24. The quantitative estimate of drug-likeness (QED) is 0.902. The molecular weight excluding hydrogens is 268 g/mol. The van der Waals surface area contributed by atoms with Gasteiger partial charge in [-0.25, -0.2) is 0 Å². The minimum atomic E-state index is -0.447. The van der Waals surface area contributed by atoms with E-state index in [2.05, 4.69) is 15.0 Å². The summed E-state index contributed by atoms with van der Waals surface area (Å²) in [5, 5.41) is 4.02. The average Bonchev–Trinajstić information content (AvgIpc) is 3.19. The first-order chi connectivity index (χ1) is 10.3. The van der Waals surface area contributed by atoms with Gasteiger partial charge in [0.05, 0.1) is 19.7 Å². The summed E-state index contributed by atoms with van der Waals surface area (Å²) >= 11 is 0. The lowest BCUT2D eigenvalue weighted by Crippen LogP contribution is -2.19. The molecule has 1 aromatic heterocycles. The van der Waals surface area contributed by atoms with Gasteiger partial charge in [-0.15, -0.1) is 0 Å². The van der Waals surface area contributed by atoms with E-state index in [1.54, 1.807) is 7.11 Å². The third-order valence-corrected chi connectivity index (χ3v) is 3.79. The highest BCUT2D eigenvalue weighted by molar-refractivity contribution is 5.38. The van der Waals surface area contributed by atoms with Crippen molar-refractivity contribution >= 4 is 0 Å². The molecular formula is C15H20N4O2. The number of aromatic nitrogens is 2. The van der Waals surface area contributed by atoms with Crippen LogP contribution >= 0.6 is 0 Å². The molecule has 0 unspecified atom stereocenters. The zero-order valence-corrected chi connectivity index (χ0v) is 12.2. The van der Waals surface area contributed by atoms with Crippen LogP contribution in [0.2, 0.25) is 0 Å². The number of nitrogens with two attached hydrogens (primary N) is 1. The highest BCUT2D eigenvalue weighted by Gasteiger charge is 2.21. The summed E-state index contributed by atoms with van der Waals surface area (Å²) in [6.45, 7) is 2.89. The van der Waals surface area contributed by atoms with Crippen molar-refractivity contribution in [1.29, 1.82) is 0 Å². The molecule has 0 bridgehead atoms. The van der Waals surface area contributed by atoms with Crippen molar-refractivity contribution in [2.75, 3.05) is 20.2 Å². The predicted molar refractivity (Wildman–Crippen MR) is 77.8 cm³/mol. The number of methoxy groups -OCH3 is 1. The lowest BCUT2D eigenvalue weighted by atomic mass is 10.1. The SMILES string of the molecule is COc1ccccc1[C@H](N)c1noc(CN2CCCC2)n1. The summed E-state index contributed by atoms with van der Waals surface area (Å²) < 4.78 is 10.6. The Balaban J connectivity index is 1.75. The van der Waals surface area contributed by atoms with Crippen LogP contribution in [0.15, 0.2) is 28.8 Å². The molecule has 1 aliphatic heterocycles. The van der Waals surface area contributed by atoms with Crippen LogP contribution in [0.1, 0.15) is 36.2 Å². The number of para-hydroxylation sites is 1. The third-order valence-electron chi connectivity index (χ3n) is 3.79. The van der Waals surface area contributed by atoms with Gasteiger partial charge in [0.2, 0.25) is 5.89 Å². The van der Waals surface area contributed by atoms with Gasteiger partial charge in [-0.3, -0.25) is 4.90 Å². The summed E-state index contributed by atoms with van der Waals surface area (Å²) in [4.78, 5) is 6.74. The number of ether oxygens (including phenoxy) is 1. The van der Waals surface area contributed by atoms with E-state index in [-0.39, 0.29) is 0 Å². The minimum Gasteiger partial charge on any atom is -0.496 e. The molecule has 1 atom stereocenters. The second-order valence-corrected chi connectivity index (χ2v) is 5.25. The van der Waals surface area contributed by atoms with Crippen molar-refractivity contribution in [2.45, 2.75) is 25.4 Å². The molecule has 112 valence electrons. The first kappa shape index (κ1) is 14.0. The summed E-state index contributed by atoms with van der Waals surface area (Å²) in [6, 6.07) is 7.17. The van der Waals surface area contributed by atoms with E-state index in [9.17, 15) is 0 Å². The van der Waals surface area contributed by atoms with E-state index in [0.29, 0.717) is 18.3 Å². The van der Waals surface area contributed by atoms with E-state index < -0.39 is 6.04 Å². The van der Waals surface area contributed by atoms with E-state index in [1.807, 2.05) is 24.3 Å². The number of likely N-dealkylation sites (tertiary alicyclic amines) is 1. The Morgan fingerprint density at radius 1 is 1.33 bits per heavy atom. The van der Waals surface area contributed by atoms with Gasteiger partial charge in [-0.05, 0) is 32.0 Å². The predicted octanol–water partition coefficient (Wildman–Crippen LogP) is 1.72. The van der Waals surface area contributed by atoms with Gasteiger partial charge in [0.1, 0.15) is 5.75 Å². The van der Waals surface area contributed by atoms with Crippen LogP contribution in [-0.4, -0.2) is 35.2 Å². The Kier molecular flexibility index (Phi) is 4.17. The van der Waals surface area contributed by atoms with Crippen molar-refractivity contribution in [2.24, 2.45) is 5.73 Å². The second-order valence-electron chi connectivity index (χ2n) is 5.25. The van der Waals surface area contributed by atoms with Crippen LogP contribution < -0.4 is 10.5 Å². The Bertz CT molecular complexity index is 593. The van der Waals surface area contributed by atoms with E-state index in [1.165, 1.54) is 12.8 Å². The van der Waals surface area contributed by atoms with Gasteiger partial charge in [0.15, 0.2) is 5.82 Å². The topological polar surface area (TPSA) is 77.4 Å². The van der Waals surface area contributed by atoms with E-state index in [4.69, 9.17) is 15.0 Å². The van der Waals surface area contributed by atoms with Gasteiger partial charge in [-0.1, -0.05) is 23.4 Å². The molecule has 1 aliphatic rings. The molecule has 3 rings (SSSR count). The maximum atomic E-state index is 6.24. The van der Waals surface area contributed by atoms with E-state index in [0.717, 1.165) is 24.4 Å². The van der Waals surface area contributed by atoms with Crippen molar-refractivity contribution < 1.29 is 9.26 Å². The molecule has 1 saturated heterocycles. The molecule has 0 radical (unpaired) electrons. The standard InChI is InChI=1S/C15H20N4O2/c1-20-12-7-3-2-6-11(12)14(16)15-17-13(21-18-15)10-19-8-4-5-9-19/h2-3,6-7,14H,4-5,8-10,16H2,1H3/t14-/m0/s1. The summed E-state index contributed by atoms with van der Waals surface area (Å²) in [7, 11) is 1.63. The number of hydrogen-bond donors (Lipinski definition) is 1. The van der Waals surface area contributed by atoms with Crippen LogP contribution in [0.4, 0.5) is 0 Å². The molecule has 6 heteroatoms. The molecule has 0 aliphatic carbocycles. The fourth-order valence-electron chi connectivity index (χ4n) is 2.65. The molecule has 1 fully saturated rings. The zero-order valence-electron chi connectivity index (χ0n) is 12.2. The van der Waals surface area contributed by atoms with Gasteiger partial charge in [0.25, 0.3) is 0 Å². The lowest BCUT2D eigenvalue weighted by molar-refractivity contribution is 0.267. The van der Waals surface area contributed by atoms with Crippen molar-refractivity contribution in [3.05, 3.63) is 41.5 Å². The van der Waals surface area contributed by atoms with Crippen LogP contribution in [0.25, 0.3) is 0 Å². The monoisotopic (exact) mass is 288 g/mol. The Hall–Kier alpha value is -1.92. The van der Waals surface area contributed by atoms with E-state index >= 15 is 0 Å². The van der Waals surface area contributed by atoms with Gasteiger partial charge < -0.3 is 15.0 Å². The van der Waals surface area contributed by atoms with Crippen LogP contribution in [0.3, 0.4) is 0 Å². The Labute approximate surface area is 123 Å². The Morgan fingerprint density at radius 3 is 2.86 bits per heavy atom. The summed E-state index contributed by atoms with van der Waals surface area (Å²) in [5.74, 6) is 1.85. The molecule has 1 aromatic carbocycles.